The third-order valence-corrected chi connectivity index (χ3v) is 8.10. The normalized spacial score (nSPS) is 18.6. The van der Waals surface area contributed by atoms with Gasteiger partial charge in [-0.3, -0.25) is 4.79 Å². The van der Waals surface area contributed by atoms with Gasteiger partial charge in [-0.1, -0.05) is 44.2 Å². The van der Waals surface area contributed by atoms with Crippen LogP contribution in [0.25, 0.3) is 0 Å². The Bertz CT molecular complexity index is 1050. The van der Waals surface area contributed by atoms with Gasteiger partial charge in [0.15, 0.2) is 0 Å². The van der Waals surface area contributed by atoms with Gasteiger partial charge in [-0.15, -0.1) is 0 Å². The molecule has 0 bridgehead atoms. The molecule has 1 saturated heterocycles. The van der Waals surface area contributed by atoms with E-state index < -0.39 is 0 Å². The number of aliphatic hydroxyl groups is 1. The maximum absolute atomic E-state index is 10.9. The van der Waals surface area contributed by atoms with Gasteiger partial charge in [0, 0.05) is 30.4 Å². The molecule has 7 heteroatoms. The van der Waals surface area contributed by atoms with E-state index in [1.54, 1.807) is 24.3 Å². The highest BCUT2D eigenvalue weighted by atomic mass is 35.5. The predicted molar refractivity (Wildman–Crippen MR) is 158 cm³/mol. The van der Waals surface area contributed by atoms with Crippen LogP contribution < -0.4 is 15.4 Å². The number of nitrogens with two attached hydrogens (primary N) is 1. The number of piperidine rings is 1. The Morgan fingerprint density at radius 1 is 0.949 bits per heavy atom. The molecule has 2 aliphatic carbocycles. The quantitative estimate of drug-likeness (QED) is 0.415. The number of hydrogen-bond donors (Lipinski definition) is 2. The number of benzene rings is 2. The number of amides is 1. The van der Waals surface area contributed by atoms with Crippen molar-refractivity contribution in [2.24, 2.45) is 11.7 Å². The fourth-order valence-corrected chi connectivity index (χ4v) is 5.43. The third-order valence-electron chi connectivity index (χ3n) is 7.79. The number of aliphatic hydroxyl groups excluding tert-OH is 1. The molecule has 0 radical (unpaired) electrons. The molecular formula is C32H44ClN3O3. The molecule has 3 fully saturated rings. The molecule has 0 spiro atoms. The summed E-state index contributed by atoms with van der Waals surface area (Å²) in [6.45, 7) is 4.52. The second kappa shape index (κ2) is 16.4. The Kier molecular flexibility index (Phi) is 12.9. The first kappa shape index (κ1) is 30.8. The molecule has 2 aromatic carbocycles. The minimum Gasteiger partial charge on any atom is -0.490 e. The average Bonchev–Trinajstić information content (AvgIpc) is 2.95. The first-order valence-electron chi connectivity index (χ1n) is 14.5. The molecule has 3 N–H and O–H groups in total. The number of halogens is 1. The molecule has 0 unspecified atom stereocenters. The van der Waals surface area contributed by atoms with Crippen LogP contribution in [0.2, 0.25) is 5.02 Å². The second-order valence-electron chi connectivity index (χ2n) is 11.0. The summed E-state index contributed by atoms with van der Waals surface area (Å²) in [6, 6.07) is 14.9. The van der Waals surface area contributed by atoms with E-state index in [-0.39, 0.29) is 12.0 Å². The first-order chi connectivity index (χ1) is 18.9. The standard InChI is InChI=1S/C13H14ClNO.C13H18N2O.C6H12O/c14-13-8-12(7-6-10(13)9-15)16-11-4-2-1-3-5-11;1-10-6-8-15(9-7-10)12-4-2-11(3-5-12)13(14)16;7-6-4-2-1-3-5-6/h6-8,11H,1-5H2;2-5,10H,6-9H2,1H3,(H2,14,16);6-7H,1-5H2. The number of primary amides is 1. The van der Waals surface area contributed by atoms with Crippen LogP contribution in [-0.2, 0) is 0 Å². The van der Waals surface area contributed by atoms with Gasteiger partial charge >= 0.3 is 0 Å². The van der Waals surface area contributed by atoms with Crippen molar-refractivity contribution >= 4 is 23.2 Å². The van der Waals surface area contributed by atoms with E-state index >= 15 is 0 Å². The minimum absolute atomic E-state index is 0.0359. The van der Waals surface area contributed by atoms with Crippen LogP contribution in [0.15, 0.2) is 42.5 Å². The van der Waals surface area contributed by atoms with Gasteiger partial charge < -0.3 is 20.5 Å². The molecule has 6 nitrogen and oxygen atoms in total. The molecule has 0 atom stereocenters. The van der Waals surface area contributed by atoms with E-state index in [0.717, 1.165) is 50.4 Å². The molecule has 2 aromatic rings. The van der Waals surface area contributed by atoms with Gasteiger partial charge in [0.1, 0.15) is 11.8 Å². The lowest BCUT2D eigenvalue weighted by atomic mass is 9.98. The Labute approximate surface area is 239 Å². The molecule has 212 valence electrons. The zero-order chi connectivity index (χ0) is 28.0. The van der Waals surface area contributed by atoms with Crippen LogP contribution in [0.3, 0.4) is 0 Å². The van der Waals surface area contributed by atoms with Gasteiger partial charge in [0.25, 0.3) is 0 Å². The highest BCUT2D eigenvalue weighted by Gasteiger charge is 2.16. The van der Waals surface area contributed by atoms with Crippen molar-refractivity contribution in [2.75, 3.05) is 18.0 Å². The highest BCUT2D eigenvalue weighted by Crippen LogP contribution is 2.27. The van der Waals surface area contributed by atoms with Crippen molar-refractivity contribution in [3.8, 4) is 11.8 Å². The molecule has 39 heavy (non-hydrogen) atoms. The van der Waals surface area contributed by atoms with Gasteiger partial charge in [-0.25, -0.2) is 0 Å². The Hall–Kier alpha value is -2.75. The fourth-order valence-electron chi connectivity index (χ4n) is 5.22. The summed E-state index contributed by atoms with van der Waals surface area (Å²) >= 11 is 5.94. The van der Waals surface area contributed by atoms with Crippen LogP contribution >= 0.6 is 11.6 Å². The molecule has 1 aliphatic heterocycles. The highest BCUT2D eigenvalue weighted by molar-refractivity contribution is 6.31. The summed E-state index contributed by atoms with van der Waals surface area (Å²) in [7, 11) is 0. The molecule has 5 rings (SSSR count). The van der Waals surface area contributed by atoms with Crippen molar-refractivity contribution in [3.05, 3.63) is 58.6 Å². The summed E-state index contributed by atoms with van der Waals surface area (Å²) in [5.41, 5.74) is 7.48. The van der Waals surface area contributed by atoms with E-state index in [9.17, 15) is 4.79 Å². The van der Waals surface area contributed by atoms with Gasteiger partial charge in [-0.2, -0.15) is 5.26 Å². The van der Waals surface area contributed by atoms with Gasteiger partial charge in [-0.05, 0) is 93.7 Å². The summed E-state index contributed by atoms with van der Waals surface area (Å²) < 4.78 is 5.84. The van der Waals surface area contributed by atoms with Crippen molar-refractivity contribution in [3.63, 3.8) is 0 Å². The topological polar surface area (TPSA) is 99.6 Å². The Morgan fingerprint density at radius 3 is 2.03 bits per heavy atom. The summed E-state index contributed by atoms with van der Waals surface area (Å²) in [5, 5.41) is 18.1. The van der Waals surface area contributed by atoms with E-state index in [1.807, 2.05) is 24.3 Å². The third kappa shape index (κ3) is 10.7. The number of ether oxygens (including phenoxy) is 1. The lowest BCUT2D eigenvalue weighted by Crippen LogP contribution is -2.32. The number of anilines is 1. The fraction of sp³-hybridized carbons (Fsp3) is 0.562. The zero-order valence-corrected chi connectivity index (χ0v) is 24.0. The van der Waals surface area contributed by atoms with Crippen molar-refractivity contribution in [1.82, 2.24) is 0 Å². The molecule has 1 amide bonds. The SMILES string of the molecule is CC1CCN(c2ccc(C(N)=O)cc2)CC1.N#Cc1ccc(OC2CCCCC2)cc1Cl.OC1CCCCC1. The van der Waals surface area contributed by atoms with Crippen LogP contribution in [0.4, 0.5) is 5.69 Å². The Morgan fingerprint density at radius 2 is 1.54 bits per heavy atom. The number of carbonyl (C=O) groups is 1. The lowest BCUT2D eigenvalue weighted by Gasteiger charge is -2.32. The number of nitriles is 1. The molecule has 0 aromatic heterocycles. The van der Waals surface area contributed by atoms with Crippen LogP contribution in [-0.4, -0.2) is 36.3 Å². The van der Waals surface area contributed by atoms with Crippen LogP contribution in [0.5, 0.6) is 5.75 Å². The smallest absolute Gasteiger partial charge is 0.248 e. The minimum atomic E-state index is -0.362. The number of hydrogen-bond acceptors (Lipinski definition) is 5. The van der Waals surface area contributed by atoms with E-state index in [0.29, 0.717) is 22.3 Å². The van der Waals surface area contributed by atoms with Crippen molar-refractivity contribution < 1.29 is 14.6 Å². The van der Waals surface area contributed by atoms with Gasteiger partial charge in [0.05, 0.1) is 22.8 Å². The number of carbonyl (C=O) groups excluding carboxylic acids is 1. The molecule has 1 heterocycles. The summed E-state index contributed by atoms with van der Waals surface area (Å²) in [5.74, 6) is 1.25. The van der Waals surface area contributed by atoms with Gasteiger partial charge in [0.2, 0.25) is 5.91 Å². The van der Waals surface area contributed by atoms with E-state index in [4.69, 9.17) is 32.4 Å². The maximum atomic E-state index is 10.9. The Balaban J connectivity index is 0.000000174. The van der Waals surface area contributed by atoms with Crippen LogP contribution in [0.1, 0.15) is 99.9 Å². The summed E-state index contributed by atoms with van der Waals surface area (Å²) in [6.07, 6.45) is 14.8. The number of rotatable bonds is 4. The van der Waals surface area contributed by atoms with Crippen LogP contribution in [0, 0.1) is 17.2 Å². The van der Waals surface area contributed by atoms with E-state index in [2.05, 4.69) is 11.8 Å². The first-order valence-corrected chi connectivity index (χ1v) is 14.9. The van der Waals surface area contributed by atoms with Crippen molar-refractivity contribution in [2.45, 2.75) is 96.2 Å². The predicted octanol–water partition coefficient (Wildman–Crippen LogP) is 7.26. The summed E-state index contributed by atoms with van der Waals surface area (Å²) in [4.78, 5) is 13.3. The monoisotopic (exact) mass is 553 g/mol. The molecule has 2 saturated carbocycles. The zero-order valence-electron chi connectivity index (χ0n) is 23.3. The average molecular weight is 554 g/mol. The molecule has 3 aliphatic rings. The largest absolute Gasteiger partial charge is 0.490 e. The van der Waals surface area contributed by atoms with Crippen molar-refractivity contribution in [1.29, 1.82) is 5.26 Å². The van der Waals surface area contributed by atoms with E-state index in [1.165, 1.54) is 57.1 Å². The second-order valence-corrected chi connectivity index (χ2v) is 11.4. The number of nitrogens with zero attached hydrogens (tertiary/aromatic N) is 2. The molecular weight excluding hydrogens is 510 g/mol. The lowest BCUT2D eigenvalue weighted by molar-refractivity contribution is 0.1000. The maximum Gasteiger partial charge on any atom is 0.248 e.